The summed E-state index contributed by atoms with van der Waals surface area (Å²) in [7, 11) is 0. The topological polar surface area (TPSA) is 83.7 Å². The van der Waals surface area contributed by atoms with Crippen LogP contribution in [-0.4, -0.2) is 34.0 Å². The number of halogens is 1. The normalized spacial score (nSPS) is 16.3. The fraction of sp³-hybridized carbons (Fsp3) is 0.364. The molecule has 1 saturated heterocycles. The first-order chi connectivity index (χ1) is 8.49. The molecule has 1 aromatic carbocycles. The summed E-state index contributed by atoms with van der Waals surface area (Å²) in [6, 6.07) is 4.00. The number of nitro benzene ring substituents is 1. The molecule has 1 N–H and O–H groups in total. The van der Waals surface area contributed by atoms with Crippen LogP contribution in [0.25, 0.3) is 0 Å². The molecule has 0 bridgehead atoms. The summed E-state index contributed by atoms with van der Waals surface area (Å²) in [4.78, 5) is 22.1. The summed E-state index contributed by atoms with van der Waals surface area (Å²) in [6.45, 7) is 0.881. The third kappa shape index (κ3) is 2.30. The van der Waals surface area contributed by atoms with Gasteiger partial charge in [-0.3, -0.25) is 19.8 Å². The highest BCUT2D eigenvalue weighted by molar-refractivity contribution is 5.71. The van der Waals surface area contributed by atoms with Crippen LogP contribution in [0.3, 0.4) is 0 Å². The highest BCUT2D eigenvalue weighted by Crippen LogP contribution is 2.24. The zero-order chi connectivity index (χ0) is 13.3. The van der Waals surface area contributed by atoms with Gasteiger partial charge in [-0.05, 0) is 0 Å². The maximum Gasteiger partial charge on any atom is 0.309 e. The molecule has 7 heteroatoms. The van der Waals surface area contributed by atoms with Crippen LogP contribution in [0.2, 0.25) is 0 Å². The quantitative estimate of drug-likeness (QED) is 0.645. The minimum Gasteiger partial charge on any atom is -0.481 e. The first kappa shape index (κ1) is 12.4. The molecule has 1 aliphatic rings. The van der Waals surface area contributed by atoms with Gasteiger partial charge in [0.1, 0.15) is 0 Å². The number of likely N-dealkylation sites (tertiary alicyclic amines) is 1. The Kier molecular flexibility index (Phi) is 3.24. The molecule has 0 spiro atoms. The molecule has 96 valence electrons. The maximum atomic E-state index is 13.7. The van der Waals surface area contributed by atoms with E-state index in [0.29, 0.717) is 13.1 Å². The number of benzene rings is 1. The molecular formula is C11H11FN2O4. The van der Waals surface area contributed by atoms with E-state index >= 15 is 0 Å². The standard InChI is InChI=1S/C11H11FN2O4/c12-10-7(2-1-3-9(10)14(17)18)4-13-5-8(6-13)11(15)16/h1-3,8H,4-6H2,(H,15,16). The molecule has 0 unspecified atom stereocenters. The lowest BCUT2D eigenvalue weighted by Crippen LogP contribution is -2.49. The molecule has 6 nitrogen and oxygen atoms in total. The van der Waals surface area contributed by atoms with Crippen molar-refractivity contribution >= 4 is 11.7 Å². The van der Waals surface area contributed by atoms with Gasteiger partial charge in [0.05, 0.1) is 10.8 Å². The second-order valence-corrected chi connectivity index (χ2v) is 4.24. The van der Waals surface area contributed by atoms with Gasteiger partial charge in [-0.1, -0.05) is 12.1 Å². The Bertz CT molecular complexity index is 500. The predicted molar refractivity (Wildman–Crippen MR) is 59.5 cm³/mol. The second kappa shape index (κ2) is 4.69. The number of aliphatic carboxylic acids is 1. The average molecular weight is 254 g/mol. The lowest BCUT2D eigenvalue weighted by Gasteiger charge is -2.36. The van der Waals surface area contributed by atoms with Crippen LogP contribution in [0.15, 0.2) is 18.2 Å². The molecular weight excluding hydrogens is 243 g/mol. The minimum atomic E-state index is -0.870. The van der Waals surface area contributed by atoms with Crippen LogP contribution in [0.5, 0.6) is 0 Å². The highest BCUT2D eigenvalue weighted by Gasteiger charge is 2.33. The minimum absolute atomic E-state index is 0.192. The van der Waals surface area contributed by atoms with Crippen LogP contribution in [-0.2, 0) is 11.3 Å². The molecule has 0 aromatic heterocycles. The van der Waals surface area contributed by atoms with Crippen LogP contribution in [0.4, 0.5) is 10.1 Å². The molecule has 18 heavy (non-hydrogen) atoms. The summed E-state index contributed by atoms with van der Waals surface area (Å²) >= 11 is 0. The Labute approximate surface area is 102 Å². The fourth-order valence-electron chi connectivity index (χ4n) is 1.93. The monoisotopic (exact) mass is 254 g/mol. The van der Waals surface area contributed by atoms with E-state index < -0.39 is 28.3 Å². The van der Waals surface area contributed by atoms with Crippen molar-refractivity contribution in [2.45, 2.75) is 6.54 Å². The smallest absolute Gasteiger partial charge is 0.309 e. The largest absolute Gasteiger partial charge is 0.481 e. The third-order valence-corrected chi connectivity index (χ3v) is 2.96. The number of nitro groups is 1. The van der Waals surface area contributed by atoms with Gasteiger partial charge in [0.25, 0.3) is 0 Å². The molecule has 0 amide bonds. The van der Waals surface area contributed by atoms with Crippen molar-refractivity contribution in [3.05, 3.63) is 39.7 Å². The van der Waals surface area contributed by atoms with Gasteiger partial charge in [-0.15, -0.1) is 0 Å². The van der Waals surface area contributed by atoms with E-state index in [4.69, 9.17) is 5.11 Å². The third-order valence-electron chi connectivity index (χ3n) is 2.96. The maximum absolute atomic E-state index is 13.7. The average Bonchev–Trinajstić information content (AvgIpc) is 2.23. The SMILES string of the molecule is O=C(O)C1CN(Cc2cccc([N+](=O)[O-])c2F)C1. The molecule has 0 aliphatic carbocycles. The number of carbonyl (C=O) groups is 1. The molecule has 0 radical (unpaired) electrons. The fourth-order valence-corrected chi connectivity index (χ4v) is 1.93. The van der Waals surface area contributed by atoms with E-state index in [1.165, 1.54) is 12.1 Å². The number of carboxylic acids is 1. The lowest BCUT2D eigenvalue weighted by atomic mass is 9.99. The van der Waals surface area contributed by atoms with Gasteiger partial charge in [-0.25, -0.2) is 0 Å². The van der Waals surface area contributed by atoms with Crippen LogP contribution in [0, 0.1) is 21.8 Å². The van der Waals surface area contributed by atoms with E-state index in [-0.39, 0.29) is 12.1 Å². The zero-order valence-corrected chi connectivity index (χ0v) is 9.38. The second-order valence-electron chi connectivity index (χ2n) is 4.24. The van der Waals surface area contributed by atoms with Crippen molar-refractivity contribution < 1.29 is 19.2 Å². The first-order valence-electron chi connectivity index (χ1n) is 5.36. The summed E-state index contributed by atoms with van der Waals surface area (Å²) in [6.07, 6.45) is 0. The number of carboxylic acid groups (broad SMARTS) is 1. The van der Waals surface area contributed by atoms with Gasteiger partial charge < -0.3 is 5.11 Å². The summed E-state index contributed by atoms with van der Waals surface area (Å²) < 4.78 is 13.7. The number of hydrogen-bond acceptors (Lipinski definition) is 4. The van der Waals surface area contributed by atoms with E-state index in [1.54, 1.807) is 4.90 Å². The first-order valence-corrected chi connectivity index (χ1v) is 5.36. The van der Waals surface area contributed by atoms with Crippen molar-refractivity contribution in [3.63, 3.8) is 0 Å². The van der Waals surface area contributed by atoms with E-state index in [0.717, 1.165) is 6.07 Å². The van der Waals surface area contributed by atoms with Gasteiger partial charge in [0.2, 0.25) is 5.82 Å². The molecule has 1 heterocycles. The van der Waals surface area contributed by atoms with E-state index in [1.807, 2.05) is 0 Å². The Morgan fingerprint density at radius 1 is 1.56 bits per heavy atom. The van der Waals surface area contributed by atoms with Crippen LogP contribution < -0.4 is 0 Å². The molecule has 1 aromatic rings. The van der Waals surface area contributed by atoms with E-state index in [9.17, 15) is 19.3 Å². The Hall–Kier alpha value is -2.02. The summed E-state index contributed by atoms with van der Waals surface area (Å²) in [5, 5.41) is 19.3. The van der Waals surface area contributed by atoms with Crippen molar-refractivity contribution in [1.29, 1.82) is 0 Å². The molecule has 2 rings (SSSR count). The van der Waals surface area contributed by atoms with E-state index in [2.05, 4.69) is 0 Å². The Morgan fingerprint density at radius 2 is 2.22 bits per heavy atom. The van der Waals surface area contributed by atoms with Gasteiger partial charge in [0.15, 0.2) is 0 Å². The number of nitrogens with zero attached hydrogens (tertiary/aromatic N) is 2. The van der Waals surface area contributed by atoms with Gasteiger partial charge >= 0.3 is 11.7 Å². The van der Waals surface area contributed by atoms with Crippen molar-refractivity contribution in [2.75, 3.05) is 13.1 Å². The van der Waals surface area contributed by atoms with Gasteiger partial charge in [-0.2, -0.15) is 4.39 Å². The van der Waals surface area contributed by atoms with Crippen LogP contribution in [0.1, 0.15) is 5.56 Å². The summed E-state index contributed by atoms with van der Waals surface area (Å²) in [5.74, 6) is -2.14. The number of rotatable bonds is 4. The van der Waals surface area contributed by atoms with Crippen molar-refractivity contribution in [3.8, 4) is 0 Å². The molecule has 0 atom stereocenters. The zero-order valence-electron chi connectivity index (χ0n) is 9.38. The summed E-state index contributed by atoms with van der Waals surface area (Å²) in [5.41, 5.74) is -0.337. The van der Waals surface area contributed by atoms with Crippen molar-refractivity contribution in [2.24, 2.45) is 5.92 Å². The molecule has 1 fully saturated rings. The Balaban J connectivity index is 2.05. The highest BCUT2D eigenvalue weighted by atomic mass is 19.1. The molecule has 0 saturated carbocycles. The van der Waals surface area contributed by atoms with Crippen LogP contribution >= 0.6 is 0 Å². The Morgan fingerprint density at radius 3 is 2.78 bits per heavy atom. The van der Waals surface area contributed by atoms with Gasteiger partial charge in [0, 0.05) is 31.3 Å². The molecule has 1 aliphatic heterocycles. The van der Waals surface area contributed by atoms with Crippen molar-refractivity contribution in [1.82, 2.24) is 4.90 Å². The predicted octanol–water partition coefficient (Wildman–Crippen LogP) is 1.25. The lowest BCUT2D eigenvalue weighted by molar-refractivity contribution is -0.387. The number of hydrogen-bond donors (Lipinski definition) is 1.